The van der Waals surface area contributed by atoms with Crippen LogP contribution in [0.3, 0.4) is 0 Å². The van der Waals surface area contributed by atoms with Crippen molar-refractivity contribution in [3.63, 3.8) is 0 Å². The number of carbonyl (C=O) groups is 1. The minimum atomic E-state index is -0.205. The standard InChI is InChI=1S/C19H14Cl2N2O2/c1-12-2-4-13(5-3-12)19(24)23-15-7-8-17(16(21)10-15)25-18-9-6-14(20)11-22-18/h2-11H,1H3,(H,23,24). The summed E-state index contributed by atoms with van der Waals surface area (Å²) in [5.41, 5.74) is 2.25. The maximum atomic E-state index is 12.2. The quantitative estimate of drug-likeness (QED) is 0.634. The fourth-order valence-electron chi connectivity index (χ4n) is 2.10. The Hall–Kier alpha value is -2.56. The van der Waals surface area contributed by atoms with Crippen molar-refractivity contribution in [2.24, 2.45) is 0 Å². The number of aromatic nitrogens is 1. The molecule has 3 rings (SSSR count). The molecular weight excluding hydrogens is 359 g/mol. The van der Waals surface area contributed by atoms with Crippen molar-refractivity contribution in [3.05, 3.63) is 82.0 Å². The molecule has 1 N–H and O–H groups in total. The van der Waals surface area contributed by atoms with Crippen LogP contribution in [-0.4, -0.2) is 10.9 Å². The molecule has 25 heavy (non-hydrogen) atoms. The molecule has 1 aromatic heterocycles. The Balaban J connectivity index is 1.72. The van der Waals surface area contributed by atoms with E-state index in [1.165, 1.54) is 6.20 Å². The Kier molecular flexibility index (Phi) is 5.22. The normalized spacial score (nSPS) is 10.4. The zero-order valence-electron chi connectivity index (χ0n) is 13.3. The average Bonchev–Trinajstić information content (AvgIpc) is 2.60. The monoisotopic (exact) mass is 372 g/mol. The maximum Gasteiger partial charge on any atom is 0.255 e. The molecule has 0 aliphatic carbocycles. The van der Waals surface area contributed by atoms with Gasteiger partial charge >= 0.3 is 0 Å². The van der Waals surface area contributed by atoms with Crippen LogP contribution in [0.4, 0.5) is 5.69 Å². The van der Waals surface area contributed by atoms with Gasteiger partial charge in [-0.05, 0) is 43.3 Å². The predicted molar refractivity (Wildman–Crippen MR) is 99.9 cm³/mol. The summed E-state index contributed by atoms with van der Waals surface area (Å²) in [5, 5.41) is 3.69. The van der Waals surface area contributed by atoms with Crippen molar-refractivity contribution in [1.82, 2.24) is 4.98 Å². The molecule has 126 valence electrons. The fraction of sp³-hybridized carbons (Fsp3) is 0.0526. The van der Waals surface area contributed by atoms with Crippen LogP contribution in [0.2, 0.25) is 10.0 Å². The second-order valence-corrected chi connectivity index (χ2v) is 6.23. The van der Waals surface area contributed by atoms with Gasteiger partial charge in [0.25, 0.3) is 5.91 Å². The first-order valence-corrected chi connectivity index (χ1v) is 8.24. The molecule has 3 aromatic rings. The molecule has 0 aliphatic heterocycles. The van der Waals surface area contributed by atoms with Crippen LogP contribution in [0.1, 0.15) is 15.9 Å². The molecule has 0 aliphatic rings. The van der Waals surface area contributed by atoms with Crippen LogP contribution < -0.4 is 10.1 Å². The summed E-state index contributed by atoms with van der Waals surface area (Å²) in [6, 6.07) is 15.6. The fourth-order valence-corrected chi connectivity index (χ4v) is 2.44. The number of aryl methyl sites for hydroxylation is 1. The van der Waals surface area contributed by atoms with Gasteiger partial charge in [-0.2, -0.15) is 0 Å². The van der Waals surface area contributed by atoms with Crippen molar-refractivity contribution in [3.8, 4) is 11.6 Å². The van der Waals surface area contributed by atoms with Gasteiger partial charge in [0.15, 0.2) is 0 Å². The van der Waals surface area contributed by atoms with E-state index in [4.69, 9.17) is 27.9 Å². The number of halogens is 2. The largest absolute Gasteiger partial charge is 0.437 e. The van der Waals surface area contributed by atoms with Gasteiger partial charge in [0.05, 0.1) is 10.0 Å². The van der Waals surface area contributed by atoms with Gasteiger partial charge in [0, 0.05) is 23.5 Å². The lowest BCUT2D eigenvalue weighted by Gasteiger charge is -2.10. The van der Waals surface area contributed by atoms with E-state index in [-0.39, 0.29) is 5.91 Å². The average molecular weight is 373 g/mol. The number of hydrogen-bond donors (Lipinski definition) is 1. The van der Waals surface area contributed by atoms with Crippen molar-refractivity contribution < 1.29 is 9.53 Å². The number of benzene rings is 2. The van der Waals surface area contributed by atoms with E-state index in [0.29, 0.717) is 32.9 Å². The highest BCUT2D eigenvalue weighted by Crippen LogP contribution is 2.31. The van der Waals surface area contributed by atoms with E-state index in [2.05, 4.69) is 10.3 Å². The summed E-state index contributed by atoms with van der Waals surface area (Å²) in [6.07, 6.45) is 1.49. The SMILES string of the molecule is Cc1ccc(C(=O)Nc2ccc(Oc3ccc(Cl)cn3)c(Cl)c2)cc1. The first kappa shape index (κ1) is 17.3. The highest BCUT2D eigenvalue weighted by Gasteiger charge is 2.09. The highest BCUT2D eigenvalue weighted by atomic mass is 35.5. The smallest absolute Gasteiger partial charge is 0.255 e. The Morgan fingerprint density at radius 3 is 2.44 bits per heavy atom. The van der Waals surface area contributed by atoms with Gasteiger partial charge in [-0.25, -0.2) is 4.98 Å². The number of anilines is 1. The number of pyridine rings is 1. The first-order valence-electron chi connectivity index (χ1n) is 7.48. The van der Waals surface area contributed by atoms with E-state index in [1.807, 2.05) is 19.1 Å². The van der Waals surface area contributed by atoms with Crippen molar-refractivity contribution >= 4 is 34.8 Å². The third-order valence-electron chi connectivity index (χ3n) is 3.42. The molecule has 0 bridgehead atoms. The van der Waals surface area contributed by atoms with E-state index in [9.17, 15) is 4.79 Å². The number of ether oxygens (including phenoxy) is 1. The number of carbonyl (C=O) groups excluding carboxylic acids is 1. The molecule has 0 atom stereocenters. The molecule has 0 radical (unpaired) electrons. The summed E-state index contributed by atoms with van der Waals surface area (Å²) in [4.78, 5) is 16.3. The zero-order valence-corrected chi connectivity index (χ0v) is 14.8. The van der Waals surface area contributed by atoms with Crippen LogP contribution in [-0.2, 0) is 0 Å². The van der Waals surface area contributed by atoms with Gasteiger partial charge < -0.3 is 10.1 Å². The van der Waals surface area contributed by atoms with Gasteiger partial charge in [-0.3, -0.25) is 4.79 Å². The van der Waals surface area contributed by atoms with E-state index < -0.39 is 0 Å². The number of rotatable bonds is 4. The second-order valence-electron chi connectivity index (χ2n) is 5.38. The summed E-state index contributed by atoms with van der Waals surface area (Å²) in [5.74, 6) is 0.608. The minimum absolute atomic E-state index is 0.205. The number of amides is 1. The second kappa shape index (κ2) is 7.55. The highest BCUT2D eigenvalue weighted by molar-refractivity contribution is 6.32. The summed E-state index contributed by atoms with van der Waals surface area (Å²) in [7, 11) is 0. The molecule has 4 nitrogen and oxygen atoms in total. The number of hydrogen-bond acceptors (Lipinski definition) is 3. The minimum Gasteiger partial charge on any atom is -0.437 e. The van der Waals surface area contributed by atoms with Gasteiger partial charge in [0.2, 0.25) is 5.88 Å². The Labute approximate surface area is 155 Å². The van der Waals surface area contributed by atoms with Crippen LogP contribution in [0.25, 0.3) is 0 Å². The third kappa shape index (κ3) is 4.50. The molecule has 0 spiro atoms. The summed E-state index contributed by atoms with van der Waals surface area (Å²) in [6.45, 7) is 1.97. The molecule has 1 amide bonds. The first-order chi connectivity index (χ1) is 12.0. The molecule has 0 fully saturated rings. The van der Waals surface area contributed by atoms with Crippen LogP contribution >= 0.6 is 23.2 Å². The lowest BCUT2D eigenvalue weighted by molar-refractivity contribution is 0.102. The van der Waals surface area contributed by atoms with Crippen molar-refractivity contribution in [2.45, 2.75) is 6.92 Å². The number of nitrogens with zero attached hydrogens (tertiary/aromatic N) is 1. The predicted octanol–water partition coefficient (Wildman–Crippen LogP) is 5.74. The Bertz CT molecular complexity index is 894. The summed E-state index contributed by atoms with van der Waals surface area (Å²) < 4.78 is 5.61. The van der Waals surface area contributed by atoms with Gasteiger partial charge in [-0.1, -0.05) is 40.9 Å². The Morgan fingerprint density at radius 2 is 1.80 bits per heavy atom. The maximum absolute atomic E-state index is 12.2. The zero-order chi connectivity index (χ0) is 17.8. The van der Waals surface area contributed by atoms with Gasteiger partial charge in [-0.15, -0.1) is 0 Å². The number of nitrogens with one attached hydrogen (secondary N) is 1. The van der Waals surface area contributed by atoms with E-state index >= 15 is 0 Å². The molecule has 2 aromatic carbocycles. The lowest BCUT2D eigenvalue weighted by Crippen LogP contribution is -2.11. The molecule has 6 heteroatoms. The van der Waals surface area contributed by atoms with Crippen molar-refractivity contribution in [2.75, 3.05) is 5.32 Å². The Morgan fingerprint density at radius 1 is 1.04 bits per heavy atom. The lowest BCUT2D eigenvalue weighted by atomic mass is 10.1. The molecular formula is C19H14Cl2N2O2. The summed E-state index contributed by atoms with van der Waals surface area (Å²) >= 11 is 12.0. The third-order valence-corrected chi connectivity index (χ3v) is 3.94. The van der Waals surface area contributed by atoms with Crippen LogP contribution in [0, 0.1) is 6.92 Å². The van der Waals surface area contributed by atoms with E-state index in [1.54, 1.807) is 42.5 Å². The topological polar surface area (TPSA) is 51.2 Å². The van der Waals surface area contributed by atoms with Gasteiger partial charge in [0.1, 0.15) is 5.75 Å². The molecule has 0 saturated heterocycles. The van der Waals surface area contributed by atoms with E-state index in [0.717, 1.165) is 5.56 Å². The molecule has 1 heterocycles. The molecule has 0 unspecified atom stereocenters. The van der Waals surface area contributed by atoms with Crippen LogP contribution in [0.15, 0.2) is 60.8 Å². The molecule has 0 saturated carbocycles. The van der Waals surface area contributed by atoms with Crippen LogP contribution in [0.5, 0.6) is 11.6 Å². The van der Waals surface area contributed by atoms with Crippen molar-refractivity contribution in [1.29, 1.82) is 0 Å².